The Balaban J connectivity index is 2.01. The van der Waals surface area contributed by atoms with E-state index in [2.05, 4.69) is 18.8 Å². The standard InChI is InChI=1S/C12H18N4O8P2S/c1-8-11(3-4-23-26(21,22)24-25(18,19)20)27-7-16(8)6-10-5-13-9(2)14-12(10)15-17/h5,7H,3-4,6H2,1-2H3,(H4-,13,14,15,17,18,19,20,21,22)/p+1. The molecular weight excluding hydrogens is 422 g/mol. The topological polar surface area (TPSA) is 175 Å². The van der Waals surface area contributed by atoms with Crippen LogP contribution in [-0.4, -0.2) is 36.5 Å². The minimum absolute atomic E-state index is 0.230. The lowest BCUT2D eigenvalue weighted by atomic mass is 10.2. The average molecular weight is 441 g/mol. The number of thiazole rings is 1. The van der Waals surface area contributed by atoms with Crippen molar-refractivity contribution in [2.75, 3.05) is 12.1 Å². The Morgan fingerprint density at radius 1 is 1.30 bits per heavy atom. The summed E-state index contributed by atoms with van der Waals surface area (Å²) in [5.74, 6) is 0.799. The second-order valence-electron chi connectivity index (χ2n) is 5.39. The number of phosphoric ester groups is 1. The van der Waals surface area contributed by atoms with E-state index in [-0.39, 0.29) is 13.0 Å². The number of phosphoric acid groups is 2. The monoisotopic (exact) mass is 441 g/mol. The van der Waals surface area contributed by atoms with Gasteiger partial charge in [0.25, 0.3) is 0 Å². The maximum Gasteiger partial charge on any atom is 0.481 e. The zero-order chi connectivity index (χ0) is 20.2. The minimum Gasteiger partial charge on any atom is -0.302 e. The molecule has 0 aliphatic carbocycles. The van der Waals surface area contributed by atoms with E-state index >= 15 is 0 Å². The van der Waals surface area contributed by atoms with Crippen LogP contribution in [0.4, 0.5) is 5.82 Å². The van der Waals surface area contributed by atoms with Gasteiger partial charge >= 0.3 is 15.6 Å². The molecule has 0 amide bonds. The lowest BCUT2D eigenvalue weighted by Gasteiger charge is -2.11. The summed E-state index contributed by atoms with van der Waals surface area (Å²) in [5.41, 5.74) is 5.35. The highest BCUT2D eigenvalue weighted by Crippen LogP contribution is 2.57. The van der Waals surface area contributed by atoms with Gasteiger partial charge in [0.1, 0.15) is 5.82 Å². The van der Waals surface area contributed by atoms with Gasteiger partial charge in [-0.1, -0.05) is 11.3 Å². The summed E-state index contributed by atoms with van der Waals surface area (Å²) in [6.45, 7) is 3.64. The summed E-state index contributed by atoms with van der Waals surface area (Å²) in [5, 5.41) is 9.19. The number of nitrogens with one attached hydrogen (secondary N) is 1. The second kappa shape index (κ2) is 8.82. The van der Waals surface area contributed by atoms with Crippen molar-refractivity contribution in [1.82, 2.24) is 9.97 Å². The molecule has 0 fully saturated rings. The largest absolute Gasteiger partial charge is 0.481 e. The molecule has 2 aromatic heterocycles. The molecule has 2 heterocycles. The third-order valence-electron chi connectivity index (χ3n) is 3.38. The van der Waals surface area contributed by atoms with E-state index in [0.29, 0.717) is 23.8 Å². The molecule has 2 aromatic rings. The maximum absolute atomic E-state index is 11.4. The smallest absolute Gasteiger partial charge is 0.302 e. The van der Waals surface area contributed by atoms with Crippen LogP contribution in [0.25, 0.3) is 0 Å². The summed E-state index contributed by atoms with van der Waals surface area (Å²) in [6.07, 6.45) is 1.82. The first-order valence-electron chi connectivity index (χ1n) is 7.44. The summed E-state index contributed by atoms with van der Waals surface area (Å²) >= 11 is 1.37. The number of hydrogen-bond acceptors (Lipinski definition) is 9. The van der Waals surface area contributed by atoms with E-state index in [1.54, 1.807) is 13.1 Å². The van der Waals surface area contributed by atoms with Crippen molar-refractivity contribution in [1.29, 1.82) is 0 Å². The Kier molecular flexibility index (Phi) is 7.20. The highest BCUT2D eigenvalue weighted by molar-refractivity contribution is 7.60. The van der Waals surface area contributed by atoms with Crippen LogP contribution in [0.5, 0.6) is 0 Å². The molecule has 0 saturated heterocycles. The fraction of sp³-hybridized carbons (Fsp3) is 0.417. The van der Waals surface area contributed by atoms with Gasteiger partial charge in [-0.3, -0.25) is 15.2 Å². The molecule has 2 rings (SSSR count). The average Bonchev–Trinajstić information content (AvgIpc) is 2.87. The molecule has 1 unspecified atom stereocenters. The fourth-order valence-corrected chi connectivity index (χ4v) is 4.71. The van der Waals surface area contributed by atoms with Crippen LogP contribution in [0.3, 0.4) is 0 Å². The van der Waals surface area contributed by atoms with Gasteiger partial charge < -0.3 is 14.7 Å². The Morgan fingerprint density at radius 2 is 2.00 bits per heavy atom. The van der Waals surface area contributed by atoms with Crippen molar-refractivity contribution in [2.45, 2.75) is 26.8 Å². The van der Waals surface area contributed by atoms with Crippen molar-refractivity contribution in [3.8, 4) is 0 Å². The first-order chi connectivity index (χ1) is 12.5. The molecule has 15 heteroatoms. The number of aromatic nitrogens is 3. The quantitative estimate of drug-likeness (QED) is 0.214. The molecule has 0 saturated carbocycles. The lowest BCUT2D eigenvalue weighted by molar-refractivity contribution is -0.689. The molecule has 1 atom stereocenters. The highest BCUT2D eigenvalue weighted by Gasteiger charge is 2.32. The van der Waals surface area contributed by atoms with Crippen LogP contribution in [0.1, 0.15) is 22.0 Å². The SMILES string of the molecule is Cc1ncc(C[n+]2csc(CCOP(=O)(O)OP(=O)(O)O)c2C)c(NO)n1. The number of rotatable bonds is 9. The van der Waals surface area contributed by atoms with Crippen LogP contribution in [0.2, 0.25) is 0 Å². The minimum atomic E-state index is -5.13. The zero-order valence-electron chi connectivity index (χ0n) is 14.3. The summed E-state index contributed by atoms with van der Waals surface area (Å²) in [6, 6.07) is 0. The maximum atomic E-state index is 11.4. The second-order valence-corrected chi connectivity index (χ2v) is 9.16. The van der Waals surface area contributed by atoms with Crippen LogP contribution in [0, 0.1) is 13.8 Å². The van der Waals surface area contributed by atoms with Gasteiger partial charge in [-0.25, -0.2) is 19.1 Å². The Hall–Kier alpha value is -1.27. The zero-order valence-corrected chi connectivity index (χ0v) is 16.9. The lowest BCUT2D eigenvalue weighted by Crippen LogP contribution is -2.35. The number of hydrogen-bond donors (Lipinski definition) is 5. The molecule has 27 heavy (non-hydrogen) atoms. The molecule has 12 nitrogen and oxygen atoms in total. The molecule has 5 N–H and O–H groups in total. The molecule has 0 aliphatic rings. The van der Waals surface area contributed by atoms with Crippen molar-refractivity contribution in [3.63, 3.8) is 0 Å². The predicted octanol–water partition coefficient (Wildman–Crippen LogP) is 1.06. The van der Waals surface area contributed by atoms with E-state index in [0.717, 1.165) is 10.6 Å². The van der Waals surface area contributed by atoms with Crippen LogP contribution in [-0.2, 0) is 30.9 Å². The van der Waals surface area contributed by atoms with Gasteiger partial charge in [0, 0.05) is 19.5 Å². The fourth-order valence-electron chi connectivity index (χ4n) is 2.15. The highest BCUT2D eigenvalue weighted by atomic mass is 32.1. The molecule has 0 aliphatic heterocycles. The Labute approximate surface area is 158 Å². The summed E-state index contributed by atoms with van der Waals surface area (Å²) in [4.78, 5) is 35.4. The van der Waals surface area contributed by atoms with Crippen molar-refractivity contribution in [3.05, 3.63) is 33.7 Å². The Bertz CT molecular complexity index is 902. The summed E-state index contributed by atoms with van der Waals surface area (Å²) in [7, 11) is -9.98. The van der Waals surface area contributed by atoms with Gasteiger partial charge in [-0.2, -0.15) is 8.88 Å². The molecule has 150 valence electrons. The Morgan fingerprint density at radius 3 is 2.63 bits per heavy atom. The first-order valence-corrected chi connectivity index (χ1v) is 11.3. The van der Waals surface area contributed by atoms with E-state index in [9.17, 15) is 19.2 Å². The molecule has 0 radical (unpaired) electrons. The van der Waals surface area contributed by atoms with E-state index in [1.165, 1.54) is 11.3 Å². The number of aryl methyl sites for hydroxylation is 1. The number of anilines is 1. The van der Waals surface area contributed by atoms with Gasteiger partial charge in [0.15, 0.2) is 18.1 Å². The van der Waals surface area contributed by atoms with Crippen molar-refractivity contribution < 1.29 is 42.4 Å². The number of nitrogens with zero attached hydrogens (tertiary/aromatic N) is 3. The van der Waals surface area contributed by atoms with Gasteiger partial charge in [0.2, 0.25) is 5.51 Å². The third kappa shape index (κ3) is 6.68. The summed E-state index contributed by atoms with van der Waals surface area (Å²) < 4.78 is 32.2. The van der Waals surface area contributed by atoms with E-state index in [1.807, 2.05) is 22.5 Å². The van der Waals surface area contributed by atoms with Gasteiger partial charge in [0.05, 0.1) is 17.0 Å². The van der Waals surface area contributed by atoms with Crippen LogP contribution < -0.4 is 10.0 Å². The normalized spacial score (nSPS) is 14.1. The van der Waals surface area contributed by atoms with Gasteiger partial charge in [-0.05, 0) is 6.92 Å². The first kappa shape index (κ1) is 22.0. The molecule has 0 spiro atoms. The van der Waals surface area contributed by atoms with Crippen molar-refractivity contribution in [2.24, 2.45) is 0 Å². The van der Waals surface area contributed by atoms with Crippen LogP contribution in [0.15, 0.2) is 11.7 Å². The van der Waals surface area contributed by atoms with Gasteiger partial charge in [-0.15, -0.1) is 0 Å². The molecular formula is C12H19N4O8P2S+. The predicted molar refractivity (Wildman–Crippen MR) is 93.1 cm³/mol. The van der Waals surface area contributed by atoms with E-state index < -0.39 is 15.6 Å². The third-order valence-corrected chi connectivity index (χ3v) is 6.71. The van der Waals surface area contributed by atoms with Crippen molar-refractivity contribution >= 4 is 32.8 Å². The molecule has 0 bridgehead atoms. The molecule has 0 aromatic carbocycles. The van der Waals surface area contributed by atoms with Crippen LogP contribution >= 0.6 is 27.0 Å². The van der Waals surface area contributed by atoms with E-state index in [4.69, 9.17) is 9.79 Å².